The minimum atomic E-state index is -4.73. The number of primary amides is 1. The highest BCUT2D eigenvalue weighted by Gasteiger charge is 2.36. The van der Waals surface area contributed by atoms with Crippen molar-refractivity contribution >= 4 is 27.6 Å². The summed E-state index contributed by atoms with van der Waals surface area (Å²) in [5, 5.41) is 13.3. The number of nitrogens with one attached hydrogen (secondary N) is 1. The Labute approximate surface area is 167 Å². The lowest BCUT2D eigenvalue weighted by molar-refractivity contribution is -0.646. The van der Waals surface area contributed by atoms with Gasteiger partial charge in [0.15, 0.2) is 12.0 Å². The number of ketones is 1. The van der Waals surface area contributed by atoms with Crippen molar-refractivity contribution in [1.82, 2.24) is 9.62 Å². The molecule has 1 unspecified atom stereocenters. The Balaban J connectivity index is 2.29. The number of carbonyl (C=O) groups is 3. The Morgan fingerprint density at radius 1 is 1.54 bits per heavy atom. The molecule has 1 aromatic heterocycles. The zero-order valence-corrected chi connectivity index (χ0v) is 16.1. The van der Waals surface area contributed by atoms with Crippen molar-refractivity contribution in [1.29, 1.82) is 0 Å². The van der Waals surface area contributed by atoms with E-state index in [2.05, 4.69) is 5.32 Å². The lowest BCUT2D eigenvalue weighted by atomic mass is 10.0. The number of nitrogens with two attached hydrogens (primary N) is 1. The standard InChI is InChI=1S/C17H24N4O6S/c1-12(17(18)24)7-8-15(23)19-13-5-4-9-20(11-14(13)22)28(26,27)16-6-2-3-10-21(16)25/h2-3,6,10,12-13H,4-5,7-9,11H2,1H3,(H2,18,24)(H,19,23)/t12?,13-/m0/s1/i11D2,13D. The second-order valence-electron chi connectivity index (χ2n) is 6.36. The van der Waals surface area contributed by atoms with Crippen LogP contribution in [0.4, 0.5) is 0 Å². The van der Waals surface area contributed by atoms with Crippen molar-refractivity contribution in [3.63, 3.8) is 0 Å². The van der Waals surface area contributed by atoms with E-state index in [-0.39, 0.29) is 34.7 Å². The van der Waals surface area contributed by atoms with Crippen LogP contribution in [0.2, 0.25) is 0 Å². The molecule has 28 heavy (non-hydrogen) atoms. The normalized spacial score (nSPS) is 25.6. The first-order valence-electron chi connectivity index (χ1n) is 10.1. The molecule has 0 radical (unpaired) electrons. The molecule has 0 saturated carbocycles. The summed E-state index contributed by atoms with van der Waals surface area (Å²) in [6.45, 7) is -2.17. The van der Waals surface area contributed by atoms with E-state index < -0.39 is 57.6 Å². The molecule has 1 saturated heterocycles. The number of Topliss-reactive ketones (excluding diaryl/α,β-unsaturated/α-hetero) is 1. The highest BCUT2D eigenvalue weighted by Crippen LogP contribution is 2.17. The first kappa shape index (κ1) is 17.6. The van der Waals surface area contributed by atoms with Crippen LogP contribution < -0.4 is 15.8 Å². The summed E-state index contributed by atoms with van der Waals surface area (Å²) >= 11 is 0. The molecule has 2 heterocycles. The van der Waals surface area contributed by atoms with Crippen LogP contribution in [0.1, 0.15) is 36.7 Å². The number of carbonyl (C=O) groups excluding carboxylic acids is 3. The number of sulfonamides is 1. The number of hydrogen-bond donors (Lipinski definition) is 2. The predicted octanol–water partition coefficient (Wildman–Crippen LogP) is -0.940. The van der Waals surface area contributed by atoms with Crippen molar-refractivity contribution in [3.05, 3.63) is 29.6 Å². The Bertz CT molecular complexity index is 990. The maximum Gasteiger partial charge on any atom is 0.323 e. The van der Waals surface area contributed by atoms with E-state index in [4.69, 9.17) is 9.85 Å². The fraction of sp³-hybridized carbons (Fsp3) is 0.529. The topological polar surface area (TPSA) is 154 Å². The van der Waals surface area contributed by atoms with Crippen LogP contribution in [0.15, 0.2) is 29.4 Å². The zero-order valence-electron chi connectivity index (χ0n) is 18.3. The lowest BCUT2D eigenvalue weighted by Crippen LogP contribution is -2.46. The smallest absolute Gasteiger partial charge is 0.323 e. The number of amides is 2. The van der Waals surface area contributed by atoms with Crippen molar-refractivity contribution < 1.29 is 31.6 Å². The van der Waals surface area contributed by atoms with Crippen molar-refractivity contribution in [2.45, 2.75) is 43.7 Å². The van der Waals surface area contributed by atoms with Crippen LogP contribution in [-0.2, 0) is 24.4 Å². The molecule has 0 spiro atoms. The number of aromatic nitrogens is 1. The van der Waals surface area contributed by atoms with Crippen molar-refractivity contribution in [2.24, 2.45) is 11.7 Å². The average molecular weight is 415 g/mol. The summed E-state index contributed by atoms with van der Waals surface area (Å²) in [5.74, 6) is -3.49. The van der Waals surface area contributed by atoms with Gasteiger partial charge in [-0.15, -0.1) is 0 Å². The molecular weight excluding hydrogens is 388 g/mol. The maximum absolute atomic E-state index is 12.9. The van der Waals surface area contributed by atoms with Crippen LogP contribution in [-0.4, -0.2) is 49.4 Å². The van der Waals surface area contributed by atoms with Gasteiger partial charge in [0.1, 0.15) is 0 Å². The molecule has 2 atom stereocenters. The first-order chi connectivity index (χ1) is 14.2. The molecule has 0 aromatic carbocycles. The molecule has 3 N–H and O–H groups in total. The summed E-state index contributed by atoms with van der Waals surface area (Å²) in [4.78, 5) is 36.2. The molecule has 10 nitrogen and oxygen atoms in total. The molecular formula is C17H24N4O6S. The summed E-state index contributed by atoms with van der Waals surface area (Å²) in [7, 11) is -4.73. The summed E-state index contributed by atoms with van der Waals surface area (Å²) in [6, 6.07) is 1.12. The van der Waals surface area contributed by atoms with Gasteiger partial charge in [0.2, 0.25) is 11.8 Å². The zero-order chi connectivity index (χ0) is 23.6. The van der Waals surface area contributed by atoms with Crippen molar-refractivity contribution in [3.8, 4) is 0 Å². The highest BCUT2D eigenvalue weighted by molar-refractivity contribution is 7.89. The van der Waals surface area contributed by atoms with E-state index in [1.54, 1.807) is 0 Å². The molecule has 0 aliphatic carbocycles. The Morgan fingerprint density at radius 3 is 2.89 bits per heavy atom. The lowest BCUT2D eigenvalue weighted by Gasteiger charge is -2.19. The summed E-state index contributed by atoms with van der Waals surface area (Å²) in [6.07, 6.45) is 0.280. The minimum absolute atomic E-state index is 0.0381. The molecule has 1 aliphatic heterocycles. The Kier molecular flexibility index (Phi) is 5.71. The van der Waals surface area contributed by atoms with Gasteiger partial charge in [-0.05, 0) is 25.3 Å². The van der Waals surface area contributed by atoms with Gasteiger partial charge in [-0.25, -0.2) is 8.42 Å². The summed E-state index contributed by atoms with van der Waals surface area (Å²) in [5.41, 5.74) is 5.13. The van der Waals surface area contributed by atoms with E-state index in [1.165, 1.54) is 19.1 Å². The third kappa shape index (κ3) is 5.26. The summed E-state index contributed by atoms with van der Waals surface area (Å²) < 4.78 is 50.8. The number of hydrogen-bond acceptors (Lipinski definition) is 6. The van der Waals surface area contributed by atoms with E-state index in [9.17, 15) is 28.0 Å². The number of nitrogens with zero attached hydrogens (tertiary/aromatic N) is 2. The number of rotatable bonds is 7. The molecule has 11 heteroatoms. The molecule has 1 aromatic rings. The fourth-order valence-corrected chi connectivity index (χ4v) is 3.83. The van der Waals surface area contributed by atoms with Crippen molar-refractivity contribution in [2.75, 3.05) is 13.0 Å². The average Bonchev–Trinajstić information content (AvgIpc) is 2.76. The van der Waals surface area contributed by atoms with E-state index in [1.807, 2.05) is 0 Å². The fourth-order valence-electron chi connectivity index (χ4n) is 2.50. The predicted molar refractivity (Wildman–Crippen MR) is 97.9 cm³/mol. The van der Waals surface area contributed by atoms with Crippen LogP contribution >= 0.6 is 0 Å². The van der Waals surface area contributed by atoms with Crippen LogP contribution in [0.3, 0.4) is 0 Å². The van der Waals surface area contributed by atoms with Gasteiger partial charge in [-0.1, -0.05) is 6.92 Å². The third-order valence-corrected chi connectivity index (χ3v) is 5.91. The molecule has 2 rings (SSSR count). The quantitative estimate of drug-likeness (QED) is 0.433. The Hall–Kier alpha value is -2.53. The largest absolute Gasteiger partial charge is 0.618 e. The van der Waals surface area contributed by atoms with Crippen LogP contribution in [0.25, 0.3) is 0 Å². The molecule has 0 bridgehead atoms. The number of pyridine rings is 1. The first-order valence-corrected chi connectivity index (χ1v) is 10.0. The van der Waals surface area contributed by atoms with E-state index in [0.29, 0.717) is 0 Å². The van der Waals surface area contributed by atoms with Gasteiger partial charge in [0.25, 0.3) is 0 Å². The highest BCUT2D eigenvalue weighted by atomic mass is 32.2. The maximum atomic E-state index is 12.9. The van der Waals surface area contributed by atoms with Gasteiger partial charge in [-0.2, -0.15) is 9.04 Å². The van der Waals surface area contributed by atoms with E-state index >= 15 is 0 Å². The third-order valence-electron chi connectivity index (χ3n) is 4.21. The second-order valence-corrected chi connectivity index (χ2v) is 8.16. The van der Waals surface area contributed by atoms with Gasteiger partial charge < -0.3 is 16.3 Å². The molecule has 1 aliphatic rings. The van der Waals surface area contributed by atoms with Crippen LogP contribution in [0.5, 0.6) is 0 Å². The molecule has 2 amide bonds. The van der Waals surface area contributed by atoms with Gasteiger partial charge in [0.05, 0.1) is 16.6 Å². The van der Waals surface area contributed by atoms with Gasteiger partial charge >= 0.3 is 15.0 Å². The molecule has 1 fully saturated rings. The van der Waals surface area contributed by atoms with E-state index in [0.717, 1.165) is 12.3 Å². The SMILES string of the molecule is [2H]C1([2H])C(=O)[C@@]([2H])(NC(=O)CCC(C)C(N)=O)CCCN1S(=O)(=O)c1cccc[n+]1[O-]. The van der Waals surface area contributed by atoms with Gasteiger partial charge in [0, 0.05) is 31.0 Å². The Morgan fingerprint density at radius 2 is 2.25 bits per heavy atom. The van der Waals surface area contributed by atoms with Crippen LogP contribution in [0, 0.1) is 11.1 Å². The van der Waals surface area contributed by atoms with Gasteiger partial charge in [-0.3, -0.25) is 14.4 Å². The second kappa shape index (κ2) is 9.11. The molecule has 154 valence electrons. The monoisotopic (exact) mass is 415 g/mol. The minimum Gasteiger partial charge on any atom is -0.618 e.